The van der Waals surface area contributed by atoms with E-state index in [2.05, 4.69) is 293 Å². The Morgan fingerprint density at radius 2 is 1.11 bits per heavy atom. The van der Waals surface area contributed by atoms with E-state index in [1.807, 2.05) is 6.08 Å². The van der Waals surface area contributed by atoms with Crippen molar-refractivity contribution in [1.82, 2.24) is 0 Å². The minimum Gasteiger partial charge on any atom is -0.331 e. The van der Waals surface area contributed by atoms with Crippen LogP contribution < -0.4 is 14.7 Å². The lowest BCUT2D eigenvalue weighted by Gasteiger charge is -2.44. The lowest BCUT2D eigenvalue weighted by molar-refractivity contribution is 0.551. The van der Waals surface area contributed by atoms with Crippen molar-refractivity contribution in [3.8, 4) is 0 Å². The minimum atomic E-state index is -0.215. The molecule has 0 spiro atoms. The van der Waals surface area contributed by atoms with Crippen LogP contribution in [0.25, 0.3) is 6.08 Å². The number of benzene rings is 6. The van der Waals surface area contributed by atoms with Crippen LogP contribution in [-0.4, -0.2) is 5.54 Å². The minimum absolute atomic E-state index is 0.117. The van der Waals surface area contributed by atoms with Crippen LogP contribution in [0.3, 0.4) is 0 Å². The Bertz CT molecular complexity index is 3130. The molecule has 348 valence electrons. The van der Waals surface area contributed by atoms with Gasteiger partial charge in [-0.15, -0.1) is 0 Å². The van der Waals surface area contributed by atoms with Crippen LogP contribution in [0.15, 0.2) is 259 Å². The molecule has 0 aromatic heterocycles. The number of allylic oxidation sites excluding steroid dienone is 12. The molecule has 6 aromatic rings. The Morgan fingerprint density at radius 3 is 1.71 bits per heavy atom. The van der Waals surface area contributed by atoms with Gasteiger partial charge in [0.15, 0.2) is 0 Å². The summed E-state index contributed by atoms with van der Waals surface area (Å²) in [5, 5.41) is 0. The van der Waals surface area contributed by atoms with Crippen molar-refractivity contribution in [2.75, 3.05) is 14.7 Å². The Balaban J connectivity index is 0.888. The number of hydrogen-bond acceptors (Lipinski definition) is 3. The molecule has 0 heterocycles. The fraction of sp³-hybridized carbons (Fsp3) is 0.179. The lowest BCUT2D eigenvalue weighted by Crippen LogP contribution is -2.43. The highest BCUT2D eigenvalue weighted by Crippen LogP contribution is 2.43. The van der Waals surface area contributed by atoms with Gasteiger partial charge in [-0.3, -0.25) is 0 Å². The van der Waals surface area contributed by atoms with Crippen molar-refractivity contribution in [2.45, 2.75) is 72.8 Å². The van der Waals surface area contributed by atoms with E-state index >= 15 is 0 Å². The third kappa shape index (κ3) is 10.4. The number of hydrogen-bond donors (Lipinski definition) is 0. The van der Waals surface area contributed by atoms with Crippen molar-refractivity contribution in [1.29, 1.82) is 0 Å². The van der Waals surface area contributed by atoms with Gasteiger partial charge in [0, 0.05) is 39.5 Å². The number of anilines is 6. The van der Waals surface area contributed by atoms with Crippen molar-refractivity contribution in [3.05, 3.63) is 287 Å². The average molecular weight is 912 g/mol. The molecule has 0 saturated heterocycles. The van der Waals surface area contributed by atoms with Crippen molar-refractivity contribution < 1.29 is 0 Å². The van der Waals surface area contributed by atoms with Gasteiger partial charge in [-0.2, -0.15) is 0 Å². The molecule has 70 heavy (non-hydrogen) atoms. The predicted octanol–water partition coefficient (Wildman–Crippen LogP) is 17.8. The van der Waals surface area contributed by atoms with Crippen molar-refractivity contribution in [2.24, 2.45) is 5.41 Å². The van der Waals surface area contributed by atoms with Gasteiger partial charge in [0.2, 0.25) is 0 Å². The SMILES string of the molecule is CCc1cccc(C)c1N(C1=C=CC=C(/C=C/c2ccc(N(C3=CCC(C)(/C=C/C4=CCC(C)(N(c5ccccc5)c5c(C)cccc5CC)C=C4)C=C3)c3ccccc3)cc2)C=C1)c1ccccc1. The Morgan fingerprint density at radius 1 is 0.514 bits per heavy atom. The first-order valence-electron chi connectivity index (χ1n) is 25.0. The molecular weight excluding hydrogens is 847 g/mol. The molecule has 0 fully saturated rings. The number of rotatable bonds is 15. The van der Waals surface area contributed by atoms with Gasteiger partial charge in [0.05, 0.1) is 16.9 Å². The van der Waals surface area contributed by atoms with Crippen LogP contribution in [0, 0.1) is 19.3 Å². The highest BCUT2D eigenvalue weighted by molar-refractivity contribution is 5.77. The largest absolute Gasteiger partial charge is 0.331 e. The maximum atomic E-state index is 3.59. The van der Waals surface area contributed by atoms with Crippen LogP contribution in [0.5, 0.6) is 0 Å². The summed E-state index contributed by atoms with van der Waals surface area (Å²) in [6, 6.07) is 54.3. The maximum Gasteiger partial charge on any atom is 0.0890 e. The van der Waals surface area contributed by atoms with Crippen molar-refractivity contribution in [3.63, 3.8) is 0 Å². The topological polar surface area (TPSA) is 9.72 Å². The third-order valence-electron chi connectivity index (χ3n) is 13.9. The molecule has 0 N–H and O–H groups in total. The van der Waals surface area contributed by atoms with Crippen molar-refractivity contribution >= 4 is 40.2 Å². The zero-order valence-corrected chi connectivity index (χ0v) is 41.7. The molecule has 0 amide bonds. The molecule has 9 rings (SSSR count). The second-order valence-corrected chi connectivity index (χ2v) is 19.1. The highest BCUT2D eigenvalue weighted by Gasteiger charge is 2.34. The molecule has 2 unspecified atom stereocenters. The monoisotopic (exact) mass is 912 g/mol. The molecule has 0 saturated carbocycles. The van der Waals surface area contributed by atoms with Gasteiger partial charge < -0.3 is 14.7 Å². The van der Waals surface area contributed by atoms with Crippen LogP contribution >= 0.6 is 0 Å². The first-order chi connectivity index (χ1) is 34.1. The molecule has 3 aliphatic carbocycles. The molecule has 3 aliphatic rings. The van der Waals surface area contributed by atoms with E-state index in [4.69, 9.17) is 0 Å². The molecule has 0 aliphatic heterocycles. The average Bonchev–Trinajstić information content (AvgIpc) is 3.64. The van der Waals surface area contributed by atoms with E-state index < -0.39 is 0 Å². The summed E-state index contributed by atoms with van der Waals surface area (Å²) in [6.45, 7) is 13.6. The molecular formula is C67H65N3. The fourth-order valence-corrected chi connectivity index (χ4v) is 9.91. The summed E-state index contributed by atoms with van der Waals surface area (Å²) < 4.78 is 0. The number of nitrogens with zero attached hydrogens (tertiary/aromatic N) is 3. The van der Waals surface area contributed by atoms with Gasteiger partial charge in [-0.1, -0.05) is 190 Å². The molecule has 3 nitrogen and oxygen atoms in total. The lowest BCUT2D eigenvalue weighted by atomic mass is 9.81. The van der Waals surface area contributed by atoms with Gasteiger partial charge >= 0.3 is 0 Å². The van der Waals surface area contributed by atoms with Crippen LogP contribution in [0.4, 0.5) is 34.1 Å². The number of para-hydroxylation sites is 5. The van der Waals surface area contributed by atoms with Crippen LogP contribution in [0.1, 0.15) is 68.4 Å². The summed E-state index contributed by atoms with van der Waals surface area (Å²) in [4.78, 5) is 7.26. The highest BCUT2D eigenvalue weighted by atomic mass is 15.2. The second-order valence-electron chi connectivity index (χ2n) is 19.1. The Hall–Kier alpha value is -7.84. The van der Waals surface area contributed by atoms with Gasteiger partial charge in [0.1, 0.15) is 0 Å². The van der Waals surface area contributed by atoms with E-state index in [9.17, 15) is 0 Å². The zero-order chi connectivity index (χ0) is 48.5. The molecule has 6 aromatic carbocycles. The standard InChI is InChI=1S/C67H65N3/c1-7-56-24-18-21-51(3)64(56)69(59-28-14-10-15-29-59)60-32-20-23-53(35-38-60)33-34-54-36-39-61(40-37-54)68(58-26-12-9-13-27-58)62-44-47-66(5,48-45-62)46-41-55-42-49-67(6,50-43-55)70(63-30-16-11-17-31-63)65-52(4)22-19-25-57(65)8-2/h9-31,33-47,49H,7-8,48,50H2,1-6H3/b34-33+,46-41+. The normalized spacial score (nSPS) is 18.6. The van der Waals surface area contributed by atoms with Crippen LogP contribution in [0.2, 0.25) is 0 Å². The van der Waals surface area contributed by atoms with Gasteiger partial charge in [-0.05, 0) is 158 Å². The maximum absolute atomic E-state index is 3.59. The summed E-state index contributed by atoms with van der Waals surface area (Å²) in [7, 11) is 0. The Labute approximate surface area is 417 Å². The fourth-order valence-electron chi connectivity index (χ4n) is 9.91. The first kappa shape index (κ1) is 47.2. The molecule has 0 bridgehead atoms. The third-order valence-corrected chi connectivity index (χ3v) is 13.9. The van der Waals surface area contributed by atoms with Crippen LogP contribution in [-0.2, 0) is 12.8 Å². The van der Waals surface area contributed by atoms with E-state index in [-0.39, 0.29) is 11.0 Å². The molecule has 3 heteroatoms. The van der Waals surface area contributed by atoms with Gasteiger partial charge in [0.25, 0.3) is 0 Å². The van der Waals surface area contributed by atoms with E-state index in [1.54, 1.807) is 0 Å². The quantitative estimate of drug-likeness (QED) is 0.0951. The summed E-state index contributed by atoms with van der Waals surface area (Å²) in [5.41, 5.74) is 21.3. The molecule has 2 atom stereocenters. The Kier molecular flexibility index (Phi) is 14.3. The van der Waals surface area contributed by atoms with E-state index in [0.29, 0.717) is 0 Å². The smallest absolute Gasteiger partial charge is 0.0890 e. The van der Waals surface area contributed by atoms with Gasteiger partial charge in [-0.25, -0.2) is 0 Å². The van der Waals surface area contributed by atoms with E-state index in [0.717, 1.165) is 59.6 Å². The first-order valence-corrected chi connectivity index (χ1v) is 25.0. The summed E-state index contributed by atoms with van der Waals surface area (Å²) in [6.07, 6.45) is 35.5. The summed E-state index contributed by atoms with van der Waals surface area (Å²) >= 11 is 0. The van der Waals surface area contributed by atoms with E-state index in [1.165, 1.54) is 50.6 Å². The number of aryl methyl sites for hydroxylation is 4. The molecule has 0 radical (unpaired) electrons. The zero-order valence-electron chi connectivity index (χ0n) is 41.7. The predicted molar refractivity (Wildman–Crippen MR) is 300 cm³/mol. The second kappa shape index (κ2) is 21.2. The summed E-state index contributed by atoms with van der Waals surface area (Å²) in [5.74, 6) is 0.